The minimum absolute atomic E-state index is 0.244. The van der Waals surface area contributed by atoms with E-state index in [2.05, 4.69) is 22.1 Å². The Morgan fingerprint density at radius 2 is 2.40 bits per heavy atom. The SMILES string of the molecule is CCNc1cn2ccnc2c(N2CCCC(CO)C2)n1. The van der Waals surface area contributed by atoms with E-state index in [0.717, 1.165) is 49.8 Å². The monoisotopic (exact) mass is 275 g/mol. The quantitative estimate of drug-likeness (QED) is 0.882. The molecule has 1 aliphatic rings. The van der Waals surface area contributed by atoms with Crippen LogP contribution in [0.5, 0.6) is 0 Å². The van der Waals surface area contributed by atoms with Crippen molar-refractivity contribution in [2.75, 3.05) is 36.5 Å². The predicted molar refractivity (Wildman–Crippen MR) is 79.2 cm³/mol. The predicted octanol–water partition coefficient (Wildman–Crippen LogP) is 1.37. The second-order valence-corrected chi connectivity index (χ2v) is 5.28. The van der Waals surface area contributed by atoms with Gasteiger partial charge in [-0.3, -0.25) is 0 Å². The Kier molecular flexibility index (Phi) is 3.73. The highest BCUT2D eigenvalue weighted by Crippen LogP contribution is 2.26. The van der Waals surface area contributed by atoms with E-state index in [4.69, 9.17) is 4.98 Å². The van der Waals surface area contributed by atoms with E-state index < -0.39 is 0 Å². The number of anilines is 2. The van der Waals surface area contributed by atoms with Crippen LogP contribution in [-0.4, -0.2) is 45.7 Å². The first-order valence-electron chi connectivity index (χ1n) is 7.25. The summed E-state index contributed by atoms with van der Waals surface area (Å²) in [7, 11) is 0. The van der Waals surface area contributed by atoms with E-state index >= 15 is 0 Å². The number of hydrogen-bond donors (Lipinski definition) is 2. The Hall–Kier alpha value is -1.82. The van der Waals surface area contributed by atoms with Crippen molar-refractivity contribution in [1.29, 1.82) is 0 Å². The first kappa shape index (κ1) is 13.2. The molecule has 1 unspecified atom stereocenters. The Bertz CT molecular complexity index is 582. The number of rotatable bonds is 4. The van der Waals surface area contributed by atoms with Gasteiger partial charge in [0.2, 0.25) is 0 Å². The molecule has 1 aliphatic heterocycles. The van der Waals surface area contributed by atoms with E-state index in [9.17, 15) is 5.11 Å². The molecule has 1 atom stereocenters. The topological polar surface area (TPSA) is 65.7 Å². The van der Waals surface area contributed by atoms with Crippen LogP contribution >= 0.6 is 0 Å². The lowest BCUT2D eigenvalue weighted by Gasteiger charge is -2.32. The van der Waals surface area contributed by atoms with Crippen molar-refractivity contribution >= 4 is 17.3 Å². The number of fused-ring (bicyclic) bond motifs is 1. The molecule has 3 heterocycles. The molecule has 1 saturated heterocycles. The summed E-state index contributed by atoms with van der Waals surface area (Å²) in [5.41, 5.74) is 0.880. The summed E-state index contributed by atoms with van der Waals surface area (Å²) in [6, 6.07) is 0. The molecule has 0 aromatic carbocycles. The summed E-state index contributed by atoms with van der Waals surface area (Å²) < 4.78 is 2.00. The van der Waals surface area contributed by atoms with E-state index in [-0.39, 0.29) is 6.61 Å². The zero-order valence-corrected chi connectivity index (χ0v) is 11.8. The van der Waals surface area contributed by atoms with Crippen LogP contribution in [0, 0.1) is 5.92 Å². The zero-order valence-electron chi connectivity index (χ0n) is 11.8. The van der Waals surface area contributed by atoms with Gasteiger partial charge < -0.3 is 19.7 Å². The van der Waals surface area contributed by atoms with Crippen LogP contribution in [0.2, 0.25) is 0 Å². The molecular weight excluding hydrogens is 254 g/mol. The maximum absolute atomic E-state index is 9.39. The lowest BCUT2D eigenvalue weighted by molar-refractivity contribution is 0.208. The minimum Gasteiger partial charge on any atom is -0.396 e. The van der Waals surface area contributed by atoms with Crippen LogP contribution < -0.4 is 10.2 Å². The first-order valence-corrected chi connectivity index (χ1v) is 7.25. The molecule has 2 aromatic rings. The third-order valence-electron chi connectivity index (χ3n) is 3.79. The maximum Gasteiger partial charge on any atom is 0.180 e. The van der Waals surface area contributed by atoms with Gasteiger partial charge in [-0.15, -0.1) is 0 Å². The zero-order chi connectivity index (χ0) is 13.9. The van der Waals surface area contributed by atoms with E-state index in [1.54, 1.807) is 6.20 Å². The number of aromatic nitrogens is 3. The number of imidazole rings is 1. The number of nitrogens with zero attached hydrogens (tertiary/aromatic N) is 4. The highest BCUT2D eigenvalue weighted by Gasteiger charge is 2.23. The maximum atomic E-state index is 9.39. The standard InChI is InChI=1S/C14H21N5O/c1-2-15-12-9-19-7-5-16-13(19)14(17-12)18-6-3-4-11(8-18)10-20/h5,7,9,11,15,20H,2-4,6,8,10H2,1H3. The van der Waals surface area contributed by atoms with Crippen molar-refractivity contribution in [3.05, 3.63) is 18.6 Å². The van der Waals surface area contributed by atoms with Crippen LogP contribution in [0.3, 0.4) is 0 Å². The second kappa shape index (κ2) is 5.66. The first-order chi connectivity index (χ1) is 9.81. The third-order valence-corrected chi connectivity index (χ3v) is 3.79. The van der Waals surface area contributed by atoms with Gasteiger partial charge in [0.15, 0.2) is 11.5 Å². The summed E-state index contributed by atoms with van der Waals surface area (Å²) in [4.78, 5) is 11.4. The highest BCUT2D eigenvalue weighted by molar-refractivity contribution is 5.67. The molecular formula is C14H21N5O. The molecule has 108 valence electrons. The summed E-state index contributed by atoms with van der Waals surface area (Å²) >= 11 is 0. The van der Waals surface area contributed by atoms with Crippen molar-refractivity contribution in [1.82, 2.24) is 14.4 Å². The second-order valence-electron chi connectivity index (χ2n) is 5.28. The fraction of sp³-hybridized carbons (Fsp3) is 0.571. The van der Waals surface area contributed by atoms with Crippen molar-refractivity contribution in [2.24, 2.45) is 5.92 Å². The molecule has 2 N–H and O–H groups in total. The van der Waals surface area contributed by atoms with E-state index in [1.807, 2.05) is 16.8 Å². The Labute approximate surface area is 118 Å². The van der Waals surface area contributed by atoms with Crippen molar-refractivity contribution in [3.8, 4) is 0 Å². The molecule has 2 aromatic heterocycles. The van der Waals surface area contributed by atoms with Gasteiger partial charge in [-0.25, -0.2) is 9.97 Å². The van der Waals surface area contributed by atoms with Gasteiger partial charge in [0.05, 0.1) is 6.20 Å². The van der Waals surface area contributed by atoms with Crippen molar-refractivity contribution < 1.29 is 5.11 Å². The largest absolute Gasteiger partial charge is 0.396 e. The van der Waals surface area contributed by atoms with Crippen LogP contribution in [0.15, 0.2) is 18.6 Å². The average molecular weight is 275 g/mol. The Morgan fingerprint density at radius 1 is 1.50 bits per heavy atom. The third kappa shape index (κ3) is 2.43. The molecule has 6 heteroatoms. The summed E-state index contributed by atoms with van der Waals surface area (Å²) in [5, 5.41) is 12.6. The smallest absolute Gasteiger partial charge is 0.180 e. The molecule has 0 amide bonds. The summed E-state index contributed by atoms with van der Waals surface area (Å²) in [5.74, 6) is 2.11. The van der Waals surface area contributed by atoms with Gasteiger partial charge in [-0.1, -0.05) is 0 Å². The van der Waals surface area contributed by atoms with Gasteiger partial charge in [-0.2, -0.15) is 0 Å². The molecule has 6 nitrogen and oxygen atoms in total. The van der Waals surface area contributed by atoms with Crippen molar-refractivity contribution in [3.63, 3.8) is 0 Å². The van der Waals surface area contributed by atoms with Crippen LogP contribution in [0.4, 0.5) is 11.6 Å². The molecule has 0 bridgehead atoms. The fourth-order valence-electron chi connectivity index (χ4n) is 2.80. The molecule has 20 heavy (non-hydrogen) atoms. The van der Waals surface area contributed by atoms with Gasteiger partial charge in [-0.05, 0) is 25.7 Å². The Balaban J connectivity index is 1.98. The molecule has 0 aliphatic carbocycles. The summed E-state index contributed by atoms with van der Waals surface area (Å²) in [6.45, 7) is 4.96. The van der Waals surface area contributed by atoms with Crippen LogP contribution in [-0.2, 0) is 0 Å². The number of aliphatic hydroxyl groups excluding tert-OH is 1. The number of aliphatic hydroxyl groups is 1. The molecule has 1 fully saturated rings. The molecule has 0 saturated carbocycles. The molecule has 0 spiro atoms. The molecule has 0 radical (unpaired) electrons. The van der Waals surface area contributed by atoms with E-state index in [1.165, 1.54) is 0 Å². The lowest BCUT2D eigenvalue weighted by atomic mass is 9.99. The Morgan fingerprint density at radius 3 is 3.20 bits per heavy atom. The van der Waals surface area contributed by atoms with Crippen LogP contribution in [0.25, 0.3) is 5.65 Å². The number of nitrogens with one attached hydrogen (secondary N) is 1. The van der Waals surface area contributed by atoms with Gasteiger partial charge in [0.1, 0.15) is 5.82 Å². The van der Waals surface area contributed by atoms with Gasteiger partial charge >= 0.3 is 0 Å². The fourth-order valence-corrected chi connectivity index (χ4v) is 2.80. The van der Waals surface area contributed by atoms with Crippen molar-refractivity contribution in [2.45, 2.75) is 19.8 Å². The summed E-state index contributed by atoms with van der Waals surface area (Å²) in [6.07, 6.45) is 7.87. The van der Waals surface area contributed by atoms with E-state index in [0.29, 0.717) is 5.92 Å². The average Bonchev–Trinajstić information content (AvgIpc) is 2.95. The minimum atomic E-state index is 0.244. The number of hydrogen-bond acceptors (Lipinski definition) is 5. The molecule has 3 rings (SSSR count). The lowest BCUT2D eigenvalue weighted by Crippen LogP contribution is -2.37. The highest BCUT2D eigenvalue weighted by atomic mass is 16.3. The normalized spacial score (nSPS) is 19.5. The van der Waals surface area contributed by atoms with Crippen LogP contribution in [0.1, 0.15) is 19.8 Å². The van der Waals surface area contributed by atoms with Gasteiger partial charge in [0.25, 0.3) is 0 Å². The number of piperidine rings is 1. The van der Waals surface area contributed by atoms with Gasteiger partial charge in [0, 0.05) is 38.6 Å².